The first-order valence-corrected chi connectivity index (χ1v) is 1.85. The molecule has 0 unspecified atom stereocenters. The van der Waals surface area contributed by atoms with E-state index in [0.29, 0.717) is 0 Å². The van der Waals surface area contributed by atoms with Crippen molar-refractivity contribution in [3.05, 3.63) is 24.0 Å². The van der Waals surface area contributed by atoms with Crippen molar-refractivity contribution in [2.75, 3.05) is 0 Å². The highest BCUT2D eigenvalue weighted by molar-refractivity contribution is 4.86. The fourth-order valence-corrected chi connectivity index (χ4v) is 0.269. The lowest BCUT2D eigenvalue weighted by molar-refractivity contribution is 0.464. The first kappa shape index (κ1) is 5.08. The molecule has 0 aromatic carbocycles. The molecule has 0 N–H and O–H groups in total. The van der Waals surface area contributed by atoms with Crippen LogP contribution in [0, 0.1) is 17.8 Å². The Morgan fingerprint density at radius 3 is 2.62 bits per heavy atom. The van der Waals surface area contributed by atoms with Gasteiger partial charge in [-0.05, 0) is 0 Å². The van der Waals surface area contributed by atoms with Gasteiger partial charge in [-0.15, -0.1) is 5.10 Å². The van der Waals surface area contributed by atoms with Crippen molar-refractivity contribution in [2.45, 2.75) is 0 Å². The van der Waals surface area contributed by atoms with E-state index in [0.717, 1.165) is 6.20 Å². The van der Waals surface area contributed by atoms with Crippen LogP contribution in [0.15, 0.2) is 6.20 Å². The van der Waals surface area contributed by atoms with E-state index >= 15 is 0 Å². The molecule has 0 saturated carbocycles. The van der Waals surface area contributed by atoms with Crippen LogP contribution in [0.5, 0.6) is 0 Å². The lowest BCUT2D eigenvalue weighted by atomic mass is 10.6. The minimum absolute atomic E-state index is 0.957. The molecule has 8 heavy (non-hydrogen) atoms. The fraction of sp³-hybridized carbons (Fsp3) is 0. The predicted molar refractivity (Wildman–Crippen MR) is 20.8 cm³/mol. The summed E-state index contributed by atoms with van der Waals surface area (Å²) in [6.45, 7) is 0. The lowest BCUT2D eigenvalue weighted by Crippen LogP contribution is -1.89. The van der Waals surface area contributed by atoms with Crippen LogP contribution in [0.2, 0.25) is 0 Å². The molecule has 1 heterocycles. The second-order valence-corrected chi connectivity index (χ2v) is 1.09. The largest absolute Gasteiger partial charge is 0.269 e. The summed E-state index contributed by atoms with van der Waals surface area (Å²) in [6.07, 6.45) is 0.957. The molecule has 1 aromatic heterocycles. The number of halogens is 2. The van der Waals surface area contributed by atoms with Gasteiger partial charge in [-0.2, -0.15) is 9.49 Å². The van der Waals surface area contributed by atoms with Crippen LogP contribution in [0.1, 0.15) is 0 Å². The zero-order valence-electron chi connectivity index (χ0n) is 3.73. The van der Waals surface area contributed by atoms with E-state index in [2.05, 4.69) is 10.2 Å². The second kappa shape index (κ2) is 1.81. The van der Waals surface area contributed by atoms with E-state index in [-0.39, 0.29) is 0 Å². The normalized spacial score (nSPS) is 9.25. The van der Waals surface area contributed by atoms with Crippen molar-refractivity contribution < 1.29 is 8.78 Å². The van der Waals surface area contributed by atoms with Gasteiger partial charge in [0.15, 0.2) is 5.82 Å². The van der Waals surface area contributed by atoms with Crippen molar-refractivity contribution in [1.29, 1.82) is 0 Å². The highest BCUT2D eigenvalue weighted by Crippen LogP contribution is 1.94. The monoisotopic (exact) mass is 115 g/mol. The number of hydrogen-bond donors (Lipinski definition) is 0. The summed E-state index contributed by atoms with van der Waals surface area (Å²) in [4.78, 5) is 0. The topological polar surface area (TPSA) is 25.8 Å². The minimum Gasteiger partial charge on any atom is -0.201 e. The molecule has 0 aliphatic heterocycles. The van der Waals surface area contributed by atoms with E-state index in [1.54, 1.807) is 0 Å². The van der Waals surface area contributed by atoms with Crippen LogP contribution in [0.3, 0.4) is 0 Å². The standard InChI is InChI=1S/C4HF2N2/c5-3-1-2-7-8-4(3)6/h2H. The van der Waals surface area contributed by atoms with Gasteiger partial charge in [0.25, 0.3) is 5.95 Å². The summed E-state index contributed by atoms with van der Waals surface area (Å²) >= 11 is 0. The average Bonchev–Trinajstić information content (AvgIpc) is 1.77. The van der Waals surface area contributed by atoms with Gasteiger partial charge >= 0.3 is 0 Å². The summed E-state index contributed by atoms with van der Waals surface area (Å²) in [6, 6.07) is 1.88. The Labute approximate surface area is 44.2 Å². The van der Waals surface area contributed by atoms with Gasteiger partial charge in [-0.25, -0.2) is 4.39 Å². The lowest BCUT2D eigenvalue weighted by Gasteiger charge is -1.82. The van der Waals surface area contributed by atoms with Gasteiger partial charge in [0.1, 0.15) is 0 Å². The van der Waals surface area contributed by atoms with Crippen LogP contribution >= 0.6 is 0 Å². The first-order chi connectivity index (χ1) is 3.80. The Bertz CT molecular complexity index is 168. The quantitative estimate of drug-likeness (QED) is 0.493. The maximum atomic E-state index is 11.8. The molecule has 0 fully saturated rings. The Hall–Kier alpha value is -1.06. The number of rotatable bonds is 0. The van der Waals surface area contributed by atoms with E-state index in [1.165, 1.54) is 0 Å². The molecule has 0 bridgehead atoms. The third-order valence-corrected chi connectivity index (χ3v) is 0.576. The van der Waals surface area contributed by atoms with Crippen molar-refractivity contribution in [3.63, 3.8) is 0 Å². The second-order valence-electron chi connectivity index (χ2n) is 1.09. The highest BCUT2D eigenvalue weighted by atomic mass is 19.2. The fourth-order valence-electron chi connectivity index (χ4n) is 0.269. The molecular weight excluding hydrogens is 114 g/mol. The average molecular weight is 115 g/mol. The predicted octanol–water partition coefficient (Wildman–Crippen LogP) is 0.555. The maximum absolute atomic E-state index is 11.8. The van der Waals surface area contributed by atoms with Crippen LogP contribution in [-0.2, 0) is 0 Å². The van der Waals surface area contributed by atoms with Crippen LogP contribution in [0.25, 0.3) is 0 Å². The van der Waals surface area contributed by atoms with Gasteiger partial charge in [0.05, 0.1) is 6.20 Å². The molecule has 0 amide bonds. The smallest absolute Gasteiger partial charge is 0.201 e. The Balaban J connectivity index is 3.13. The third-order valence-electron chi connectivity index (χ3n) is 0.576. The van der Waals surface area contributed by atoms with E-state index in [9.17, 15) is 8.78 Å². The summed E-state index contributed by atoms with van der Waals surface area (Å²) in [7, 11) is 0. The first-order valence-electron chi connectivity index (χ1n) is 1.85. The van der Waals surface area contributed by atoms with Crippen molar-refractivity contribution >= 4 is 0 Å². The zero-order valence-corrected chi connectivity index (χ0v) is 3.73. The van der Waals surface area contributed by atoms with Crippen LogP contribution < -0.4 is 0 Å². The van der Waals surface area contributed by atoms with Gasteiger partial charge in [-0.3, -0.25) is 0 Å². The molecule has 1 aromatic rings. The summed E-state index contributed by atoms with van der Waals surface area (Å²) in [5, 5.41) is 5.78. The maximum Gasteiger partial charge on any atom is 0.269 e. The summed E-state index contributed by atoms with van der Waals surface area (Å²) in [5.74, 6) is -2.31. The molecule has 0 aliphatic carbocycles. The number of aromatic nitrogens is 2. The van der Waals surface area contributed by atoms with E-state index in [4.69, 9.17) is 0 Å². The van der Waals surface area contributed by atoms with Crippen LogP contribution in [0.4, 0.5) is 8.78 Å². The Kier molecular flexibility index (Phi) is 1.15. The molecule has 0 aliphatic rings. The van der Waals surface area contributed by atoms with Gasteiger partial charge in [0.2, 0.25) is 0 Å². The van der Waals surface area contributed by atoms with Crippen molar-refractivity contribution in [2.24, 2.45) is 0 Å². The minimum atomic E-state index is -1.22. The molecule has 0 saturated heterocycles. The molecule has 0 atom stereocenters. The van der Waals surface area contributed by atoms with Crippen LogP contribution in [-0.4, -0.2) is 10.2 Å². The zero-order chi connectivity index (χ0) is 5.98. The highest BCUT2D eigenvalue weighted by Gasteiger charge is 1.97. The summed E-state index contributed by atoms with van der Waals surface area (Å²) < 4.78 is 23.5. The van der Waals surface area contributed by atoms with Crippen molar-refractivity contribution in [1.82, 2.24) is 10.2 Å². The summed E-state index contributed by atoms with van der Waals surface area (Å²) in [5.41, 5.74) is 0. The van der Waals surface area contributed by atoms with Gasteiger partial charge in [0, 0.05) is 6.07 Å². The number of hydrogen-bond acceptors (Lipinski definition) is 2. The number of nitrogens with zero attached hydrogens (tertiary/aromatic N) is 2. The van der Waals surface area contributed by atoms with Gasteiger partial charge < -0.3 is 0 Å². The molecule has 1 radical (unpaired) electrons. The van der Waals surface area contributed by atoms with Crippen molar-refractivity contribution in [3.8, 4) is 0 Å². The third kappa shape index (κ3) is 0.776. The molecule has 4 heteroatoms. The van der Waals surface area contributed by atoms with E-state index < -0.39 is 11.8 Å². The molecule has 0 spiro atoms. The Morgan fingerprint density at radius 1 is 1.50 bits per heavy atom. The molecule has 1 rings (SSSR count). The SMILES string of the molecule is Fc1[c]cnnc1F. The molecular formula is C4HF2N2. The van der Waals surface area contributed by atoms with Gasteiger partial charge in [-0.1, -0.05) is 0 Å². The Morgan fingerprint density at radius 2 is 2.25 bits per heavy atom. The molecule has 2 nitrogen and oxygen atoms in total. The van der Waals surface area contributed by atoms with E-state index in [1.807, 2.05) is 6.07 Å². The molecule has 41 valence electrons.